The fraction of sp³-hybridized carbons (Fsp3) is 0.241. The molecule has 4 aromatic rings. The number of halogens is 3. The lowest BCUT2D eigenvalue weighted by atomic mass is 9.98. The van der Waals surface area contributed by atoms with Crippen LogP contribution in [-0.4, -0.2) is 17.1 Å². The molecule has 9 heteroatoms. The van der Waals surface area contributed by atoms with Crippen molar-refractivity contribution >= 4 is 52.1 Å². The van der Waals surface area contributed by atoms with Gasteiger partial charge in [0.15, 0.2) is 6.04 Å². The van der Waals surface area contributed by atoms with Crippen LogP contribution in [0.15, 0.2) is 79.4 Å². The number of thiophene rings is 1. The van der Waals surface area contributed by atoms with Crippen molar-refractivity contribution in [2.75, 3.05) is 6.61 Å². The Balaban J connectivity index is 0.000000732. The largest absolute Gasteiger partial charge is 0.550 e. The molecule has 0 N–H and O–H groups in total. The third-order valence-electron chi connectivity index (χ3n) is 5.49. The number of ether oxygens (including phenoxy) is 1. The van der Waals surface area contributed by atoms with Crippen LogP contribution >= 0.6 is 46.1 Å². The molecule has 1 atom stereocenters. The maximum absolute atomic E-state index is 9.26. The molecule has 2 heterocycles. The minimum Gasteiger partial charge on any atom is -0.550 e. The van der Waals surface area contributed by atoms with Crippen LogP contribution in [0.2, 0.25) is 14.4 Å². The number of nitrogens with zero attached hydrogens (tertiary/aromatic N) is 2. The lowest BCUT2D eigenvalue weighted by Crippen LogP contribution is -2.35. The quantitative estimate of drug-likeness (QED) is 0.169. The summed E-state index contributed by atoms with van der Waals surface area (Å²) < 4.78 is 11.1. The first-order valence-corrected chi connectivity index (χ1v) is 13.8. The van der Waals surface area contributed by atoms with E-state index in [0.717, 1.165) is 20.3 Å². The molecule has 0 amide bonds. The van der Waals surface area contributed by atoms with Crippen molar-refractivity contribution in [2.45, 2.75) is 39.0 Å². The lowest BCUT2D eigenvalue weighted by Gasteiger charge is -2.16. The number of benzene rings is 2. The van der Waals surface area contributed by atoms with Crippen LogP contribution in [0.4, 0.5) is 0 Å². The topological polar surface area (TPSA) is 58.2 Å². The molecule has 0 bridgehead atoms. The molecule has 0 saturated carbocycles. The molecule has 1 unspecified atom stereocenters. The highest BCUT2D eigenvalue weighted by Crippen LogP contribution is 2.30. The van der Waals surface area contributed by atoms with Crippen molar-refractivity contribution < 1.29 is 19.2 Å². The Morgan fingerprint density at radius 2 is 1.61 bits per heavy atom. The summed E-state index contributed by atoms with van der Waals surface area (Å²) in [6, 6.07) is 19.7. The molecule has 0 fully saturated rings. The third-order valence-corrected chi connectivity index (χ3v) is 7.32. The van der Waals surface area contributed by atoms with Gasteiger partial charge in [-0.2, -0.15) is 0 Å². The van der Waals surface area contributed by atoms with Crippen LogP contribution in [0, 0.1) is 11.8 Å². The predicted molar refractivity (Wildman–Crippen MR) is 152 cm³/mol. The molecule has 2 aromatic carbocycles. The molecule has 0 spiro atoms. The van der Waals surface area contributed by atoms with Gasteiger partial charge in [-0.15, -0.1) is 17.3 Å². The van der Waals surface area contributed by atoms with Crippen LogP contribution in [0.3, 0.4) is 0 Å². The van der Waals surface area contributed by atoms with Gasteiger partial charge in [0, 0.05) is 32.0 Å². The molecule has 0 saturated heterocycles. The molecule has 2 aromatic heterocycles. The van der Waals surface area contributed by atoms with E-state index in [1.807, 2.05) is 43.3 Å². The van der Waals surface area contributed by atoms with Gasteiger partial charge in [0.1, 0.15) is 31.6 Å². The van der Waals surface area contributed by atoms with Gasteiger partial charge in [0.2, 0.25) is 6.33 Å². The molecule has 4 rings (SSSR count). The second-order valence-corrected chi connectivity index (χ2v) is 10.8. The zero-order chi connectivity index (χ0) is 27.5. The average molecular weight is 590 g/mol. The van der Waals surface area contributed by atoms with Crippen molar-refractivity contribution in [2.24, 2.45) is 0 Å². The number of aromatic nitrogens is 2. The number of imidazole rings is 1. The molecule has 38 heavy (non-hydrogen) atoms. The van der Waals surface area contributed by atoms with Gasteiger partial charge in [-0.3, -0.25) is 0 Å². The Bertz CT molecular complexity index is 1330. The maximum Gasteiger partial charge on any atom is 0.244 e. The van der Waals surface area contributed by atoms with Crippen molar-refractivity contribution in [3.63, 3.8) is 0 Å². The first-order valence-electron chi connectivity index (χ1n) is 11.8. The van der Waals surface area contributed by atoms with E-state index in [1.54, 1.807) is 0 Å². The van der Waals surface area contributed by atoms with Gasteiger partial charge in [-0.25, -0.2) is 9.13 Å². The van der Waals surface area contributed by atoms with E-state index in [9.17, 15) is 9.90 Å². The summed E-state index contributed by atoms with van der Waals surface area (Å²) in [7, 11) is 0. The van der Waals surface area contributed by atoms with E-state index in [1.165, 1.54) is 18.3 Å². The van der Waals surface area contributed by atoms with Crippen LogP contribution in [0.1, 0.15) is 48.4 Å². The maximum atomic E-state index is 9.26. The van der Waals surface area contributed by atoms with Crippen molar-refractivity contribution in [1.29, 1.82) is 0 Å². The highest BCUT2D eigenvalue weighted by Gasteiger charge is 2.24. The van der Waals surface area contributed by atoms with E-state index < -0.39 is 5.97 Å². The number of carbonyl (C=O) groups is 1. The minimum atomic E-state index is -0.995. The van der Waals surface area contributed by atoms with Gasteiger partial charge >= 0.3 is 0 Å². The Hall–Kier alpha value is -2.79. The normalized spacial score (nSPS) is 11.3. The number of carbonyl (C=O) groups excluding carboxylic acids is 1. The standard InChI is InChI=1S/C26H22Cl3N2OS.C3H6O2/c1-2-3-16-32-23(24-12-13-25(29)33-24)17-30-14-15-31(18-30)26(19-4-8-21(27)9-5-19)20-6-10-22(28)11-7-20;1-2-3(4)5/h4-15,18,23,26H,16-17H2,1H3;2H2,1H3,(H,4,5)/q+1;/p-1. The van der Waals surface area contributed by atoms with Crippen molar-refractivity contribution in [3.05, 3.63) is 110 Å². The Morgan fingerprint density at radius 1 is 1.03 bits per heavy atom. The summed E-state index contributed by atoms with van der Waals surface area (Å²) in [6.45, 7) is 4.36. The molecule has 0 radical (unpaired) electrons. The zero-order valence-electron chi connectivity index (χ0n) is 20.9. The van der Waals surface area contributed by atoms with E-state index >= 15 is 0 Å². The molecule has 0 aliphatic rings. The van der Waals surface area contributed by atoms with Crippen molar-refractivity contribution in [1.82, 2.24) is 4.57 Å². The predicted octanol–water partition coefficient (Wildman–Crippen LogP) is 6.36. The van der Waals surface area contributed by atoms with E-state index in [-0.39, 0.29) is 18.6 Å². The average Bonchev–Trinajstić information content (AvgIpc) is 3.55. The summed E-state index contributed by atoms with van der Waals surface area (Å²) in [5.74, 6) is 4.86. The monoisotopic (exact) mass is 588 g/mol. The molecule has 0 aliphatic heterocycles. The SMILES string of the molecule is CC#CCOC(C[n+]1ccn(C(c2ccc(Cl)cc2)c2ccc(Cl)cc2)c1)c1ccc(Cl)s1.CCC(=O)[O-]. The fourth-order valence-electron chi connectivity index (χ4n) is 3.63. The Labute approximate surface area is 242 Å². The number of hydrogen-bond donors (Lipinski definition) is 0. The zero-order valence-corrected chi connectivity index (χ0v) is 24.0. The number of aliphatic carboxylic acids is 1. The van der Waals surface area contributed by atoms with Gasteiger partial charge < -0.3 is 14.6 Å². The van der Waals surface area contributed by atoms with Gasteiger partial charge in [0.05, 0.1) is 4.34 Å². The van der Waals surface area contributed by atoms with E-state index in [4.69, 9.17) is 39.5 Å². The first kappa shape index (κ1) is 29.8. The third kappa shape index (κ3) is 8.90. The first-order chi connectivity index (χ1) is 18.3. The summed E-state index contributed by atoms with van der Waals surface area (Å²) in [4.78, 5) is 10.3. The summed E-state index contributed by atoms with van der Waals surface area (Å²) in [6.07, 6.45) is 6.17. The molecule has 198 valence electrons. The minimum absolute atomic E-state index is 0.0257. The second-order valence-electron chi connectivity index (χ2n) is 8.16. The lowest BCUT2D eigenvalue weighted by molar-refractivity contribution is -0.704. The summed E-state index contributed by atoms with van der Waals surface area (Å²) in [5.41, 5.74) is 2.25. The fourth-order valence-corrected chi connectivity index (χ4v) is 4.98. The molecular weight excluding hydrogens is 563 g/mol. The van der Waals surface area contributed by atoms with Crippen LogP contribution < -0.4 is 9.67 Å². The highest BCUT2D eigenvalue weighted by atomic mass is 35.5. The Kier molecular flexibility index (Phi) is 11.7. The van der Waals surface area contributed by atoms with Crippen LogP contribution in [-0.2, 0) is 16.1 Å². The van der Waals surface area contributed by atoms with Crippen LogP contribution in [0.25, 0.3) is 0 Å². The highest BCUT2D eigenvalue weighted by molar-refractivity contribution is 7.16. The van der Waals surface area contributed by atoms with Gasteiger partial charge in [-0.05, 0) is 49.7 Å². The number of carboxylic acids is 1. The van der Waals surface area contributed by atoms with E-state index in [2.05, 4.69) is 64.0 Å². The number of rotatable bonds is 9. The smallest absolute Gasteiger partial charge is 0.244 e. The van der Waals surface area contributed by atoms with Crippen LogP contribution in [0.5, 0.6) is 0 Å². The molecular formula is C29H27Cl3N2O3S. The number of carboxylic acid groups (broad SMARTS) is 1. The van der Waals surface area contributed by atoms with Crippen molar-refractivity contribution in [3.8, 4) is 11.8 Å². The Morgan fingerprint density at radius 3 is 2.08 bits per heavy atom. The number of hydrogen-bond acceptors (Lipinski definition) is 4. The van der Waals surface area contributed by atoms with Gasteiger partial charge in [0.25, 0.3) is 0 Å². The summed E-state index contributed by atoms with van der Waals surface area (Å²) >= 11 is 20.0. The summed E-state index contributed by atoms with van der Waals surface area (Å²) in [5, 5.41) is 10.7. The van der Waals surface area contributed by atoms with Gasteiger partial charge in [-0.1, -0.05) is 71.9 Å². The molecule has 0 aliphatic carbocycles. The molecule has 5 nitrogen and oxygen atoms in total. The second kappa shape index (κ2) is 15.0. The van der Waals surface area contributed by atoms with E-state index in [0.29, 0.717) is 23.2 Å².